The average molecular weight is 379 g/mol. The molecule has 2 N–H and O–H groups in total. The second-order valence-electron chi connectivity index (χ2n) is 7.06. The molecule has 0 fully saturated rings. The quantitative estimate of drug-likeness (QED) is 0.712. The van der Waals surface area contributed by atoms with E-state index in [0.29, 0.717) is 13.0 Å². The lowest BCUT2D eigenvalue weighted by Gasteiger charge is -2.24. The van der Waals surface area contributed by atoms with Gasteiger partial charge in [0, 0.05) is 12.8 Å². The molecule has 0 spiro atoms. The molecule has 1 heterocycles. The monoisotopic (exact) mass is 379 g/mol. The Balaban J connectivity index is 1.55. The van der Waals surface area contributed by atoms with Crippen LogP contribution in [0.4, 0.5) is 0 Å². The molecule has 2 aromatic rings. The summed E-state index contributed by atoms with van der Waals surface area (Å²) in [4.78, 5) is 25.8. The van der Waals surface area contributed by atoms with Crippen molar-refractivity contribution >= 4 is 17.4 Å². The average Bonchev–Trinajstić information content (AvgIpc) is 2.74. The standard InChI is InChI=1S/C23H26N2O3/c1-28-23(27)21(16-18-8-4-2-5-9-18)24-22(26)17-25-14-12-20(13-15-25)19-10-6-3-7-11-19/h2-12,21H,13-17H2,1H3,(H,24,26)/p+1/t21-/m1/s1. The molecule has 1 aliphatic rings. The Morgan fingerprint density at radius 1 is 1.07 bits per heavy atom. The van der Waals surface area contributed by atoms with E-state index in [9.17, 15) is 9.59 Å². The number of carbonyl (C=O) groups excluding carboxylic acids is 2. The van der Waals surface area contributed by atoms with Gasteiger partial charge in [-0.05, 0) is 22.8 Å². The van der Waals surface area contributed by atoms with Crippen LogP contribution in [0, 0.1) is 0 Å². The van der Waals surface area contributed by atoms with E-state index in [1.54, 1.807) is 0 Å². The predicted molar refractivity (Wildman–Crippen MR) is 109 cm³/mol. The zero-order valence-electron chi connectivity index (χ0n) is 16.2. The zero-order valence-corrected chi connectivity index (χ0v) is 16.2. The van der Waals surface area contributed by atoms with Gasteiger partial charge in [-0.25, -0.2) is 4.79 Å². The molecular formula is C23H27N2O3+. The van der Waals surface area contributed by atoms with Crippen LogP contribution in [0.15, 0.2) is 66.7 Å². The van der Waals surface area contributed by atoms with Crippen molar-refractivity contribution in [2.45, 2.75) is 18.9 Å². The fraction of sp³-hybridized carbons (Fsp3) is 0.304. The summed E-state index contributed by atoms with van der Waals surface area (Å²) in [5.41, 5.74) is 3.57. The molecule has 3 rings (SSSR count). The normalized spacial score (nSPS) is 17.3. The van der Waals surface area contributed by atoms with Crippen molar-refractivity contribution in [2.75, 3.05) is 26.7 Å². The molecule has 0 aromatic heterocycles. The van der Waals surface area contributed by atoms with E-state index in [2.05, 4.69) is 23.5 Å². The summed E-state index contributed by atoms with van der Waals surface area (Å²) in [5, 5.41) is 2.85. The van der Waals surface area contributed by atoms with Crippen LogP contribution < -0.4 is 10.2 Å². The van der Waals surface area contributed by atoms with Gasteiger partial charge in [-0.2, -0.15) is 0 Å². The number of benzene rings is 2. The van der Waals surface area contributed by atoms with Crippen molar-refractivity contribution in [3.63, 3.8) is 0 Å². The molecule has 1 unspecified atom stereocenters. The Bertz CT molecular complexity index is 818. The van der Waals surface area contributed by atoms with Crippen LogP contribution in [0.5, 0.6) is 0 Å². The van der Waals surface area contributed by atoms with Crippen LogP contribution in [-0.4, -0.2) is 44.7 Å². The summed E-state index contributed by atoms with van der Waals surface area (Å²) >= 11 is 0. The Hall–Kier alpha value is -2.92. The smallest absolute Gasteiger partial charge is 0.328 e. The van der Waals surface area contributed by atoms with Crippen molar-refractivity contribution in [1.82, 2.24) is 5.32 Å². The number of nitrogens with one attached hydrogen (secondary N) is 2. The number of hydrogen-bond donors (Lipinski definition) is 2. The van der Waals surface area contributed by atoms with Gasteiger partial charge in [0.25, 0.3) is 5.91 Å². The summed E-state index contributed by atoms with van der Waals surface area (Å²) in [6, 6.07) is 19.3. The Labute approximate surface area is 166 Å². The first-order valence-corrected chi connectivity index (χ1v) is 9.65. The second-order valence-corrected chi connectivity index (χ2v) is 7.06. The van der Waals surface area contributed by atoms with E-state index in [1.165, 1.54) is 23.1 Å². The third kappa shape index (κ3) is 5.54. The minimum absolute atomic E-state index is 0.127. The number of quaternary nitrogens is 1. The number of rotatable bonds is 7. The first-order chi connectivity index (χ1) is 13.7. The Kier molecular flexibility index (Phi) is 6.98. The van der Waals surface area contributed by atoms with Crippen LogP contribution in [0.1, 0.15) is 17.5 Å². The maximum absolute atomic E-state index is 12.5. The molecular weight excluding hydrogens is 352 g/mol. The van der Waals surface area contributed by atoms with Gasteiger partial charge in [-0.15, -0.1) is 0 Å². The molecule has 0 aliphatic carbocycles. The molecule has 1 aliphatic heterocycles. The molecule has 28 heavy (non-hydrogen) atoms. The van der Waals surface area contributed by atoms with Gasteiger partial charge in [0.1, 0.15) is 6.04 Å². The van der Waals surface area contributed by atoms with E-state index in [1.807, 2.05) is 48.5 Å². The molecule has 0 saturated carbocycles. The highest BCUT2D eigenvalue weighted by molar-refractivity contribution is 5.85. The number of carbonyl (C=O) groups is 2. The highest BCUT2D eigenvalue weighted by Gasteiger charge is 2.25. The molecule has 0 saturated heterocycles. The first-order valence-electron chi connectivity index (χ1n) is 9.65. The number of esters is 1. The van der Waals surface area contributed by atoms with Crippen LogP contribution in [0.2, 0.25) is 0 Å². The van der Waals surface area contributed by atoms with Gasteiger partial charge < -0.3 is 15.0 Å². The van der Waals surface area contributed by atoms with Gasteiger partial charge >= 0.3 is 5.97 Å². The summed E-state index contributed by atoms with van der Waals surface area (Å²) in [7, 11) is 1.35. The van der Waals surface area contributed by atoms with Gasteiger partial charge in [0.2, 0.25) is 0 Å². The predicted octanol–water partition coefficient (Wildman–Crippen LogP) is 1.26. The fourth-order valence-electron chi connectivity index (χ4n) is 3.52. The molecule has 0 bridgehead atoms. The van der Waals surface area contributed by atoms with Crippen LogP contribution in [0.3, 0.4) is 0 Å². The minimum Gasteiger partial charge on any atom is -0.467 e. The topological polar surface area (TPSA) is 59.8 Å². The first kappa shape index (κ1) is 19.8. The van der Waals surface area contributed by atoms with E-state index >= 15 is 0 Å². The number of methoxy groups -OCH3 is 1. The van der Waals surface area contributed by atoms with E-state index < -0.39 is 12.0 Å². The van der Waals surface area contributed by atoms with E-state index in [-0.39, 0.29) is 5.91 Å². The highest BCUT2D eigenvalue weighted by Crippen LogP contribution is 2.17. The summed E-state index contributed by atoms with van der Waals surface area (Å²) < 4.78 is 4.87. The SMILES string of the molecule is COC(=O)[C@@H](Cc1ccccc1)NC(=O)C[NH+]1CC=C(c2ccccc2)CC1. The molecule has 2 aromatic carbocycles. The van der Waals surface area contributed by atoms with Gasteiger partial charge in [-0.1, -0.05) is 60.7 Å². The number of amides is 1. The molecule has 1 amide bonds. The minimum atomic E-state index is -0.667. The second kappa shape index (κ2) is 9.85. The van der Waals surface area contributed by atoms with Crippen molar-refractivity contribution in [1.29, 1.82) is 0 Å². The maximum atomic E-state index is 12.5. The van der Waals surface area contributed by atoms with Crippen molar-refractivity contribution < 1.29 is 19.2 Å². The lowest BCUT2D eigenvalue weighted by atomic mass is 9.99. The van der Waals surface area contributed by atoms with E-state index in [0.717, 1.165) is 25.1 Å². The molecule has 0 radical (unpaired) electrons. The lowest BCUT2D eigenvalue weighted by Crippen LogP contribution is -3.13. The Morgan fingerprint density at radius 3 is 2.36 bits per heavy atom. The third-order valence-corrected chi connectivity index (χ3v) is 5.04. The molecule has 146 valence electrons. The third-order valence-electron chi connectivity index (χ3n) is 5.04. The highest BCUT2D eigenvalue weighted by atomic mass is 16.5. The van der Waals surface area contributed by atoms with E-state index in [4.69, 9.17) is 4.74 Å². The van der Waals surface area contributed by atoms with Gasteiger partial charge in [-0.3, -0.25) is 4.79 Å². The zero-order chi connectivity index (χ0) is 19.8. The van der Waals surface area contributed by atoms with Crippen LogP contribution >= 0.6 is 0 Å². The fourth-order valence-corrected chi connectivity index (χ4v) is 3.52. The number of hydrogen-bond acceptors (Lipinski definition) is 3. The van der Waals surface area contributed by atoms with Crippen molar-refractivity contribution in [2.24, 2.45) is 0 Å². The largest absolute Gasteiger partial charge is 0.467 e. The maximum Gasteiger partial charge on any atom is 0.328 e. The van der Waals surface area contributed by atoms with Gasteiger partial charge in [0.05, 0.1) is 20.2 Å². The number of ether oxygens (including phenoxy) is 1. The summed E-state index contributed by atoms with van der Waals surface area (Å²) in [6.07, 6.45) is 3.58. The van der Waals surface area contributed by atoms with Crippen molar-refractivity contribution in [3.05, 3.63) is 77.9 Å². The van der Waals surface area contributed by atoms with Gasteiger partial charge in [0.15, 0.2) is 6.54 Å². The molecule has 5 heteroatoms. The summed E-state index contributed by atoms with van der Waals surface area (Å²) in [6.45, 7) is 2.05. The lowest BCUT2D eigenvalue weighted by molar-refractivity contribution is -0.886. The summed E-state index contributed by atoms with van der Waals surface area (Å²) in [5.74, 6) is -0.546. The van der Waals surface area contributed by atoms with Crippen LogP contribution in [0.25, 0.3) is 5.57 Å². The Morgan fingerprint density at radius 2 is 1.75 bits per heavy atom. The molecule has 5 nitrogen and oxygen atoms in total. The van der Waals surface area contributed by atoms with Crippen molar-refractivity contribution in [3.8, 4) is 0 Å². The molecule has 2 atom stereocenters. The van der Waals surface area contributed by atoms with Crippen LogP contribution in [-0.2, 0) is 20.7 Å².